The van der Waals surface area contributed by atoms with Crippen LogP contribution in [0.15, 0.2) is 65.7 Å². The van der Waals surface area contributed by atoms with Gasteiger partial charge in [-0.3, -0.25) is 4.99 Å². The van der Waals surface area contributed by atoms with Gasteiger partial charge in [0.2, 0.25) is 0 Å². The number of halogens is 1. The second kappa shape index (κ2) is 12.1. The summed E-state index contributed by atoms with van der Waals surface area (Å²) in [5.74, 6) is 1.10. The summed E-state index contributed by atoms with van der Waals surface area (Å²) in [4.78, 5) is 4.91. The first-order valence-electron chi connectivity index (χ1n) is 10.1. The number of rotatable bonds is 6. The molecule has 0 spiro atoms. The Morgan fingerprint density at radius 3 is 2.00 bits per heavy atom. The van der Waals surface area contributed by atoms with E-state index in [2.05, 4.69) is 78.2 Å². The maximum atomic E-state index is 9.72. The van der Waals surface area contributed by atoms with Crippen molar-refractivity contribution in [3.63, 3.8) is 0 Å². The quantitative estimate of drug-likeness (QED) is 0.320. The SMILES string of the molecule is CCNC(=NCC(c1ccccc1)c1ccccc1)NC1CCC(O)CC1.I. The Balaban J connectivity index is 0.00000280. The molecule has 2 aromatic rings. The molecule has 2 aromatic carbocycles. The van der Waals surface area contributed by atoms with Gasteiger partial charge >= 0.3 is 0 Å². The average molecular weight is 493 g/mol. The van der Waals surface area contributed by atoms with Crippen LogP contribution in [0.25, 0.3) is 0 Å². The molecule has 0 unspecified atom stereocenters. The van der Waals surface area contributed by atoms with Crippen LogP contribution >= 0.6 is 24.0 Å². The molecule has 0 heterocycles. The largest absolute Gasteiger partial charge is 0.393 e. The number of hydrogen-bond acceptors (Lipinski definition) is 2. The van der Waals surface area contributed by atoms with Crippen LogP contribution in [0.2, 0.25) is 0 Å². The maximum Gasteiger partial charge on any atom is 0.191 e. The van der Waals surface area contributed by atoms with Crippen molar-refractivity contribution in [1.82, 2.24) is 10.6 Å². The predicted molar refractivity (Wildman–Crippen MR) is 128 cm³/mol. The molecule has 0 atom stereocenters. The van der Waals surface area contributed by atoms with Gasteiger partial charge in [-0.15, -0.1) is 24.0 Å². The monoisotopic (exact) mass is 493 g/mol. The molecule has 1 saturated carbocycles. The number of nitrogens with one attached hydrogen (secondary N) is 2. The molecule has 4 nitrogen and oxygen atoms in total. The highest BCUT2D eigenvalue weighted by atomic mass is 127. The predicted octanol–water partition coefficient (Wildman–Crippen LogP) is 4.30. The van der Waals surface area contributed by atoms with E-state index < -0.39 is 0 Å². The van der Waals surface area contributed by atoms with Crippen molar-refractivity contribution in [2.24, 2.45) is 4.99 Å². The van der Waals surface area contributed by atoms with Crippen molar-refractivity contribution >= 4 is 29.9 Å². The average Bonchev–Trinajstić information content (AvgIpc) is 2.71. The summed E-state index contributed by atoms with van der Waals surface area (Å²) in [6, 6.07) is 21.6. The van der Waals surface area contributed by atoms with E-state index in [1.54, 1.807) is 0 Å². The van der Waals surface area contributed by atoms with Crippen LogP contribution in [0.5, 0.6) is 0 Å². The van der Waals surface area contributed by atoms with E-state index in [4.69, 9.17) is 4.99 Å². The highest BCUT2D eigenvalue weighted by Gasteiger charge is 2.20. The number of aliphatic hydroxyl groups excluding tert-OH is 1. The fourth-order valence-corrected chi connectivity index (χ4v) is 3.69. The maximum absolute atomic E-state index is 9.72. The van der Waals surface area contributed by atoms with Gasteiger partial charge in [0.05, 0.1) is 12.6 Å². The van der Waals surface area contributed by atoms with Crippen molar-refractivity contribution in [2.75, 3.05) is 13.1 Å². The standard InChI is InChI=1S/C23H31N3O.HI/c1-2-24-23(26-20-13-15-21(27)16-14-20)25-17-22(18-9-5-3-6-10-18)19-11-7-4-8-12-19;/h3-12,20-22,27H,2,13-17H2,1H3,(H2,24,25,26);1H. The summed E-state index contributed by atoms with van der Waals surface area (Å²) in [5, 5.41) is 16.7. The van der Waals surface area contributed by atoms with E-state index in [9.17, 15) is 5.11 Å². The van der Waals surface area contributed by atoms with Gasteiger partial charge in [-0.05, 0) is 43.7 Å². The van der Waals surface area contributed by atoms with E-state index in [0.29, 0.717) is 12.6 Å². The van der Waals surface area contributed by atoms with Crippen molar-refractivity contribution in [1.29, 1.82) is 0 Å². The summed E-state index contributed by atoms with van der Waals surface area (Å²) in [7, 11) is 0. The number of hydrogen-bond donors (Lipinski definition) is 3. The van der Waals surface area contributed by atoms with Crippen molar-refractivity contribution in [2.45, 2.75) is 50.7 Å². The Labute approximate surface area is 185 Å². The fourth-order valence-electron chi connectivity index (χ4n) is 3.69. The highest BCUT2D eigenvalue weighted by Crippen LogP contribution is 2.25. The Bertz CT molecular complexity index is 661. The number of aliphatic imine (C=N–C) groups is 1. The Morgan fingerprint density at radius 2 is 1.50 bits per heavy atom. The topological polar surface area (TPSA) is 56.7 Å². The minimum Gasteiger partial charge on any atom is -0.393 e. The minimum atomic E-state index is -0.136. The van der Waals surface area contributed by atoms with Crippen LogP contribution < -0.4 is 10.6 Å². The van der Waals surface area contributed by atoms with Crippen LogP contribution in [0.4, 0.5) is 0 Å². The van der Waals surface area contributed by atoms with E-state index in [0.717, 1.165) is 38.2 Å². The molecule has 0 radical (unpaired) electrons. The van der Waals surface area contributed by atoms with Gasteiger partial charge in [0.15, 0.2) is 5.96 Å². The lowest BCUT2D eigenvalue weighted by atomic mass is 9.91. The molecule has 1 aliphatic rings. The van der Waals surface area contributed by atoms with Crippen molar-refractivity contribution in [3.8, 4) is 0 Å². The Kier molecular flexibility index (Phi) is 9.78. The molecule has 0 bridgehead atoms. The summed E-state index contributed by atoms with van der Waals surface area (Å²) < 4.78 is 0. The fraction of sp³-hybridized carbons (Fsp3) is 0.435. The molecule has 1 aliphatic carbocycles. The number of benzene rings is 2. The molecular formula is C23H32IN3O. The van der Waals surface area contributed by atoms with Gasteiger partial charge in [0.1, 0.15) is 0 Å². The van der Waals surface area contributed by atoms with Gasteiger partial charge in [-0.2, -0.15) is 0 Å². The van der Waals surface area contributed by atoms with Gasteiger partial charge in [-0.25, -0.2) is 0 Å². The molecule has 1 fully saturated rings. The molecule has 0 saturated heterocycles. The second-order valence-electron chi connectivity index (χ2n) is 7.24. The molecule has 5 heteroatoms. The third-order valence-electron chi connectivity index (χ3n) is 5.22. The Hall–Kier alpha value is -1.60. The van der Waals surface area contributed by atoms with Crippen LogP contribution in [-0.2, 0) is 0 Å². The van der Waals surface area contributed by atoms with Gasteiger partial charge < -0.3 is 15.7 Å². The minimum absolute atomic E-state index is 0. The van der Waals surface area contributed by atoms with E-state index in [-0.39, 0.29) is 36.0 Å². The van der Waals surface area contributed by atoms with Crippen LogP contribution in [-0.4, -0.2) is 36.3 Å². The summed E-state index contributed by atoms with van der Waals surface area (Å²) in [5.41, 5.74) is 2.56. The first-order valence-corrected chi connectivity index (χ1v) is 10.1. The number of nitrogens with zero attached hydrogens (tertiary/aromatic N) is 1. The molecule has 3 rings (SSSR count). The summed E-state index contributed by atoms with van der Waals surface area (Å²) >= 11 is 0. The zero-order valence-electron chi connectivity index (χ0n) is 16.6. The normalized spacial score (nSPS) is 19.8. The van der Waals surface area contributed by atoms with Gasteiger partial charge in [0, 0.05) is 18.5 Å². The molecule has 0 aromatic heterocycles. The number of guanidine groups is 1. The van der Waals surface area contributed by atoms with Crippen LogP contribution in [0.3, 0.4) is 0 Å². The molecule has 0 amide bonds. The zero-order chi connectivity index (χ0) is 18.9. The molecule has 3 N–H and O–H groups in total. The van der Waals surface area contributed by atoms with Gasteiger partial charge in [0.25, 0.3) is 0 Å². The summed E-state index contributed by atoms with van der Waals surface area (Å²) in [6.45, 7) is 3.62. The highest BCUT2D eigenvalue weighted by molar-refractivity contribution is 14.0. The lowest BCUT2D eigenvalue weighted by Crippen LogP contribution is -2.45. The van der Waals surface area contributed by atoms with E-state index in [1.807, 2.05) is 0 Å². The zero-order valence-corrected chi connectivity index (χ0v) is 18.9. The molecule has 28 heavy (non-hydrogen) atoms. The smallest absolute Gasteiger partial charge is 0.191 e. The Morgan fingerprint density at radius 1 is 0.964 bits per heavy atom. The molecule has 0 aliphatic heterocycles. The van der Waals surface area contributed by atoms with Crippen LogP contribution in [0.1, 0.15) is 49.7 Å². The first kappa shape index (κ1) is 22.7. The van der Waals surface area contributed by atoms with Crippen LogP contribution in [0, 0.1) is 0 Å². The second-order valence-corrected chi connectivity index (χ2v) is 7.24. The molecule has 152 valence electrons. The molecular weight excluding hydrogens is 461 g/mol. The number of aliphatic hydroxyl groups is 1. The van der Waals surface area contributed by atoms with Crippen molar-refractivity contribution < 1.29 is 5.11 Å². The lowest BCUT2D eigenvalue weighted by Gasteiger charge is -2.28. The van der Waals surface area contributed by atoms with E-state index in [1.165, 1.54) is 11.1 Å². The lowest BCUT2D eigenvalue weighted by molar-refractivity contribution is 0.120. The summed E-state index contributed by atoms with van der Waals surface area (Å²) in [6.07, 6.45) is 3.59. The third kappa shape index (κ3) is 6.78. The van der Waals surface area contributed by atoms with E-state index >= 15 is 0 Å². The first-order chi connectivity index (χ1) is 13.3. The third-order valence-corrected chi connectivity index (χ3v) is 5.22. The van der Waals surface area contributed by atoms with Crippen molar-refractivity contribution in [3.05, 3.63) is 71.8 Å². The van der Waals surface area contributed by atoms with Gasteiger partial charge in [-0.1, -0.05) is 60.7 Å².